The van der Waals surface area contributed by atoms with Crippen LogP contribution < -0.4 is 0 Å². The maximum absolute atomic E-state index is 13.9. The second-order valence-corrected chi connectivity index (χ2v) is 6.52. The van der Waals surface area contributed by atoms with Crippen molar-refractivity contribution in [3.05, 3.63) is 29.6 Å². The van der Waals surface area contributed by atoms with Crippen LogP contribution in [0.3, 0.4) is 0 Å². The number of hydrogen-bond donors (Lipinski definition) is 1. The van der Waals surface area contributed by atoms with Gasteiger partial charge in [-0.15, -0.1) is 0 Å². The summed E-state index contributed by atoms with van der Waals surface area (Å²) < 4.78 is 43.4. The van der Waals surface area contributed by atoms with E-state index in [4.69, 9.17) is 5.11 Å². The Morgan fingerprint density at radius 3 is 2.50 bits per heavy atom. The summed E-state index contributed by atoms with van der Waals surface area (Å²) in [5.41, 5.74) is 0.0130. The number of halogens is 1. The second-order valence-electron chi connectivity index (χ2n) is 4.48. The summed E-state index contributed by atoms with van der Waals surface area (Å²) in [6, 6.07) is 3.14. The van der Waals surface area contributed by atoms with Gasteiger partial charge in [0, 0.05) is 13.6 Å². The zero-order chi connectivity index (χ0) is 16.9. The third-order valence-corrected chi connectivity index (χ3v) is 4.79. The third-order valence-electron chi connectivity index (χ3n) is 2.94. The minimum absolute atomic E-state index is 0.0130. The minimum Gasteiger partial charge on any atom is -0.481 e. The number of aliphatic carboxylic acids is 1. The lowest BCUT2D eigenvalue weighted by molar-refractivity contribution is -0.140. The molecule has 0 saturated carbocycles. The molecule has 1 aromatic carbocycles. The van der Waals surface area contributed by atoms with E-state index in [2.05, 4.69) is 4.74 Å². The van der Waals surface area contributed by atoms with Crippen LogP contribution in [-0.2, 0) is 30.8 Å². The number of benzene rings is 1. The van der Waals surface area contributed by atoms with Crippen molar-refractivity contribution >= 4 is 22.0 Å². The Morgan fingerprint density at radius 2 is 2.00 bits per heavy atom. The number of carbonyl (C=O) groups excluding carboxylic acids is 1. The number of methoxy groups -OCH3 is 1. The summed E-state index contributed by atoms with van der Waals surface area (Å²) >= 11 is 0. The number of esters is 1. The van der Waals surface area contributed by atoms with Crippen molar-refractivity contribution in [2.45, 2.75) is 17.7 Å². The van der Waals surface area contributed by atoms with E-state index >= 15 is 0 Å². The van der Waals surface area contributed by atoms with Crippen LogP contribution in [0.1, 0.15) is 12.0 Å². The first kappa shape index (κ1) is 18.1. The highest BCUT2D eigenvalue weighted by atomic mass is 32.2. The summed E-state index contributed by atoms with van der Waals surface area (Å²) in [5, 5.41) is 8.56. The molecule has 0 aliphatic carbocycles. The summed E-state index contributed by atoms with van der Waals surface area (Å²) in [5.74, 6) is -2.63. The van der Waals surface area contributed by atoms with Crippen molar-refractivity contribution in [2.75, 3.05) is 20.7 Å². The zero-order valence-electron chi connectivity index (χ0n) is 12.1. The molecule has 0 saturated heterocycles. The first-order valence-electron chi connectivity index (χ1n) is 6.22. The van der Waals surface area contributed by atoms with Crippen molar-refractivity contribution < 1.29 is 32.2 Å². The van der Waals surface area contributed by atoms with Crippen molar-refractivity contribution in [3.63, 3.8) is 0 Å². The van der Waals surface area contributed by atoms with Gasteiger partial charge in [0.15, 0.2) is 0 Å². The number of rotatable bonds is 7. The molecule has 0 heterocycles. The zero-order valence-corrected chi connectivity index (χ0v) is 12.9. The summed E-state index contributed by atoms with van der Waals surface area (Å²) in [7, 11) is -1.62. The Labute approximate surface area is 127 Å². The molecule has 0 aliphatic heterocycles. The Balaban J connectivity index is 2.99. The van der Waals surface area contributed by atoms with E-state index in [-0.39, 0.29) is 29.8 Å². The molecular weight excluding hydrogens is 317 g/mol. The van der Waals surface area contributed by atoms with E-state index in [1.54, 1.807) is 0 Å². The number of nitrogens with zero attached hydrogens (tertiary/aromatic N) is 1. The van der Waals surface area contributed by atoms with Crippen molar-refractivity contribution in [1.29, 1.82) is 0 Å². The normalized spacial score (nSPS) is 11.5. The lowest BCUT2D eigenvalue weighted by atomic mass is 10.1. The number of ether oxygens (including phenoxy) is 1. The molecule has 1 aromatic rings. The highest BCUT2D eigenvalue weighted by molar-refractivity contribution is 7.89. The van der Waals surface area contributed by atoms with Gasteiger partial charge < -0.3 is 9.84 Å². The monoisotopic (exact) mass is 333 g/mol. The maximum Gasteiger partial charge on any atom is 0.310 e. The largest absolute Gasteiger partial charge is 0.481 e. The Morgan fingerprint density at radius 1 is 1.36 bits per heavy atom. The van der Waals surface area contributed by atoms with Crippen LogP contribution in [0.2, 0.25) is 0 Å². The van der Waals surface area contributed by atoms with Gasteiger partial charge in [-0.1, -0.05) is 6.07 Å². The molecule has 0 fully saturated rings. The number of sulfonamides is 1. The van der Waals surface area contributed by atoms with Gasteiger partial charge in [0.25, 0.3) is 0 Å². The van der Waals surface area contributed by atoms with Crippen molar-refractivity contribution in [1.82, 2.24) is 4.31 Å². The first-order chi connectivity index (χ1) is 10.2. The lowest BCUT2D eigenvalue weighted by Gasteiger charge is -2.16. The van der Waals surface area contributed by atoms with Gasteiger partial charge in [0.2, 0.25) is 10.0 Å². The van der Waals surface area contributed by atoms with Crippen LogP contribution in [-0.4, -0.2) is 50.5 Å². The standard InChI is InChI=1S/C13H16FNO6S/c1-15(6-5-12(16)17)22(19,20)10-4-3-9(11(14)8-10)7-13(18)21-2/h3-4,8H,5-7H2,1-2H3,(H,16,17). The first-order valence-corrected chi connectivity index (χ1v) is 7.66. The fourth-order valence-corrected chi connectivity index (χ4v) is 2.80. The van der Waals surface area contributed by atoms with E-state index in [1.165, 1.54) is 13.1 Å². The highest BCUT2D eigenvalue weighted by Gasteiger charge is 2.23. The third kappa shape index (κ3) is 4.50. The fraction of sp³-hybridized carbons (Fsp3) is 0.385. The van der Waals surface area contributed by atoms with Gasteiger partial charge in [0.1, 0.15) is 5.82 Å². The van der Waals surface area contributed by atoms with Crippen LogP contribution in [0.5, 0.6) is 0 Å². The van der Waals surface area contributed by atoms with Crippen LogP contribution in [0.25, 0.3) is 0 Å². The Hall–Kier alpha value is -2.00. The van der Waals surface area contributed by atoms with Crippen LogP contribution in [0.15, 0.2) is 23.1 Å². The number of carboxylic acid groups (broad SMARTS) is 1. The highest BCUT2D eigenvalue weighted by Crippen LogP contribution is 2.19. The molecule has 9 heteroatoms. The van der Waals surface area contributed by atoms with E-state index in [0.717, 1.165) is 23.5 Å². The Kier molecular flexibility index (Phi) is 6.01. The van der Waals surface area contributed by atoms with Crippen LogP contribution in [0.4, 0.5) is 4.39 Å². The second kappa shape index (κ2) is 7.32. The van der Waals surface area contributed by atoms with Crippen molar-refractivity contribution in [3.8, 4) is 0 Å². The predicted octanol–water partition coefficient (Wildman–Crippen LogP) is 0.636. The summed E-state index contributed by atoms with van der Waals surface area (Å²) in [4.78, 5) is 21.3. The summed E-state index contributed by atoms with van der Waals surface area (Å²) in [6.07, 6.45) is -0.670. The molecule has 0 atom stereocenters. The molecule has 1 rings (SSSR count). The molecule has 7 nitrogen and oxygen atoms in total. The molecule has 0 aliphatic rings. The van der Waals surface area contributed by atoms with Crippen molar-refractivity contribution in [2.24, 2.45) is 0 Å². The molecule has 0 spiro atoms. The predicted molar refractivity (Wildman–Crippen MR) is 74.2 cm³/mol. The molecule has 22 heavy (non-hydrogen) atoms. The topological polar surface area (TPSA) is 101 Å². The van der Waals surface area contributed by atoms with Gasteiger partial charge >= 0.3 is 11.9 Å². The SMILES string of the molecule is COC(=O)Cc1ccc(S(=O)(=O)N(C)CCC(=O)O)cc1F. The lowest BCUT2D eigenvalue weighted by Crippen LogP contribution is -2.29. The molecule has 0 unspecified atom stereocenters. The molecule has 0 bridgehead atoms. The van der Waals surface area contributed by atoms with Gasteiger partial charge in [-0.3, -0.25) is 9.59 Å². The van der Waals surface area contributed by atoms with Gasteiger partial charge in [-0.2, -0.15) is 0 Å². The smallest absolute Gasteiger partial charge is 0.310 e. The van der Waals surface area contributed by atoms with Gasteiger partial charge in [0.05, 0.1) is 24.8 Å². The van der Waals surface area contributed by atoms with E-state index in [1.807, 2.05) is 0 Å². The molecule has 0 amide bonds. The summed E-state index contributed by atoms with van der Waals surface area (Å²) in [6.45, 7) is -0.233. The van der Waals surface area contributed by atoms with E-state index < -0.39 is 27.8 Å². The number of carboxylic acids is 1. The van der Waals surface area contributed by atoms with E-state index in [0.29, 0.717) is 0 Å². The van der Waals surface area contributed by atoms with Gasteiger partial charge in [-0.25, -0.2) is 17.1 Å². The Bertz CT molecular complexity index is 673. The molecule has 1 N–H and O–H groups in total. The minimum atomic E-state index is -3.99. The quantitative estimate of drug-likeness (QED) is 0.735. The van der Waals surface area contributed by atoms with Gasteiger partial charge in [-0.05, 0) is 17.7 Å². The maximum atomic E-state index is 13.9. The van der Waals surface area contributed by atoms with Crippen LogP contribution >= 0.6 is 0 Å². The van der Waals surface area contributed by atoms with Crippen LogP contribution in [0, 0.1) is 5.82 Å². The molecule has 0 radical (unpaired) electrons. The fourth-order valence-electron chi connectivity index (χ4n) is 1.61. The number of hydrogen-bond acceptors (Lipinski definition) is 5. The molecule has 0 aromatic heterocycles. The molecule has 122 valence electrons. The van der Waals surface area contributed by atoms with E-state index in [9.17, 15) is 22.4 Å². The average molecular weight is 333 g/mol. The molecular formula is C13H16FNO6S. The number of carbonyl (C=O) groups is 2. The average Bonchev–Trinajstić information content (AvgIpc) is 2.46.